The summed E-state index contributed by atoms with van der Waals surface area (Å²) in [6.07, 6.45) is 1.36. The summed E-state index contributed by atoms with van der Waals surface area (Å²) in [5, 5.41) is 12.2. The first-order valence-corrected chi connectivity index (χ1v) is 6.17. The highest BCUT2D eigenvalue weighted by Crippen LogP contribution is 2.24. The maximum Gasteiger partial charge on any atom is 0.254 e. The second kappa shape index (κ2) is 6.84. The van der Waals surface area contributed by atoms with Gasteiger partial charge in [0.15, 0.2) is 0 Å². The van der Waals surface area contributed by atoms with Crippen LogP contribution in [-0.2, 0) is 0 Å². The van der Waals surface area contributed by atoms with Crippen molar-refractivity contribution in [3.63, 3.8) is 0 Å². The third-order valence-corrected chi connectivity index (χ3v) is 2.99. The third kappa shape index (κ3) is 4.19. The average Bonchev–Trinajstić information content (AvgIpc) is 2.26. The van der Waals surface area contributed by atoms with Crippen LogP contribution in [0.2, 0.25) is 10.0 Å². The lowest BCUT2D eigenvalue weighted by atomic mass is 10.1. The minimum Gasteiger partial charge on any atom is -0.396 e. The molecule has 0 spiro atoms. The van der Waals surface area contributed by atoms with E-state index in [2.05, 4.69) is 5.32 Å². The van der Waals surface area contributed by atoms with Gasteiger partial charge in [-0.05, 0) is 31.9 Å². The van der Waals surface area contributed by atoms with E-state index in [1.165, 1.54) is 0 Å². The summed E-state index contributed by atoms with van der Waals surface area (Å²) < 4.78 is 0. The van der Waals surface area contributed by atoms with Crippen LogP contribution in [0.15, 0.2) is 18.2 Å². The van der Waals surface area contributed by atoms with Gasteiger partial charge in [-0.25, -0.2) is 0 Å². The molecule has 94 valence electrons. The first-order chi connectivity index (χ1) is 8.06. The molecule has 17 heavy (non-hydrogen) atoms. The van der Waals surface area contributed by atoms with Gasteiger partial charge in [-0.1, -0.05) is 29.3 Å². The minimum absolute atomic E-state index is 0.0259. The number of carbonyl (C=O) groups is 1. The van der Waals surface area contributed by atoms with Gasteiger partial charge < -0.3 is 10.4 Å². The molecule has 0 saturated carbocycles. The van der Waals surface area contributed by atoms with Crippen LogP contribution in [0.4, 0.5) is 0 Å². The van der Waals surface area contributed by atoms with Crippen molar-refractivity contribution in [2.45, 2.75) is 25.8 Å². The van der Waals surface area contributed by atoms with Gasteiger partial charge in [0.25, 0.3) is 5.91 Å². The molecule has 0 aliphatic heterocycles. The Balaban J connectivity index is 2.70. The highest BCUT2D eigenvalue weighted by atomic mass is 35.5. The van der Waals surface area contributed by atoms with E-state index in [4.69, 9.17) is 28.3 Å². The zero-order valence-corrected chi connectivity index (χ0v) is 11.1. The fraction of sp³-hybridized carbons (Fsp3) is 0.417. The Labute approximate surface area is 111 Å². The van der Waals surface area contributed by atoms with Crippen LogP contribution in [-0.4, -0.2) is 23.7 Å². The Kier molecular flexibility index (Phi) is 5.75. The number of aliphatic hydroxyl groups is 1. The summed E-state index contributed by atoms with van der Waals surface area (Å²) in [7, 11) is 0. The molecule has 0 aliphatic carbocycles. The molecule has 1 atom stereocenters. The van der Waals surface area contributed by atoms with Crippen LogP contribution >= 0.6 is 23.2 Å². The molecule has 5 heteroatoms. The molecular formula is C12H15Cl2NO2. The molecule has 1 aromatic carbocycles. The standard InChI is InChI=1S/C12H15Cl2NO2/c1-8(4-3-7-16)15-12(17)11-9(13)5-2-6-10(11)14/h2,5-6,8,16H,3-4,7H2,1H3,(H,15,17). The largest absolute Gasteiger partial charge is 0.396 e. The first-order valence-electron chi connectivity index (χ1n) is 5.42. The molecule has 1 aromatic rings. The van der Waals surface area contributed by atoms with E-state index in [0.717, 1.165) is 0 Å². The molecule has 1 rings (SSSR count). The van der Waals surface area contributed by atoms with Gasteiger partial charge in [0.05, 0.1) is 15.6 Å². The molecular weight excluding hydrogens is 261 g/mol. The highest BCUT2D eigenvalue weighted by Gasteiger charge is 2.16. The van der Waals surface area contributed by atoms with Crippen LogP contribution in [0.25, 0.3) is 0 Å². The van der Waals surface area contributed by atoms with Crippen LogP contribution in [0.5, 0.6) is 0 Å². The predicted molar refractivity (Wildman–Crippen MR) is 69.7 cm³/mol. The summed E-state index contributed by atoms with van der Waals surface area (Å²) in [6.45, 7) is 1.99. The first kappa shape index (κ1) is 14.3. The molecule has 0 saturated heterocycles. The molecule has 1 amide bonds. The summed E-state index contributed by atoms with van der Waals surface area (Å²) in [5.41, 5.74) is 0.298. The smallest absolute Gasteiger partial charge is 0.254 e. The van der Waals surface area contributed by atoms with Crippen LogP contribution in [0.1, 0.15) is 30.1 Å². The van der Waals surface area contributed by atoms with E-state index < -0.39 is 0 Å². The highest BCUT2D eigenvalue weighted by molar-refractivity contribution is 6.39. The average molecular weight is 276 g/mol. The molecule has 1 unspecified atom stereocenters. The van der Waals surface area contributed by atoms with Crippen LogP contribution in [0.3, 0.4) is 0 Å². The Bertz CT molecular complexity index is 376. The van der Waals surface area contributed by atoms with E-state index in [-0.39, 0.29) is 18.6 Å². The lowest BCUT2D eigenvalue weighted by molar-refractivity contribution is 0.0936. The van der Waals surface area contributed by atoms with Gasteiger partial charge in [0.2, 0.25) is 0 Å². The number of rotatable bonds is 5. The van der Waals surface area contributed by atoms with Crippen LogP contribution < -0.4 is 5.32 Å². The van der Waals surface area contributed by atoms with Gasteiger partial charge in [-0.2, -0.15) is 0 Å². The van der Waals surface area contributed by atoms with Crippen molar-refractivity contribution >= 4 is 29.1 Å². The zero-order chi connectivity index (χ0) is 12.8. The van der Waals surface area contributed by atoms with Crippen LogP contribution in [0, 0.1) is 0 Å². The summed E-state index contributed by atoms with van der Waals surface area (Å²) in [5.74, 6) is -0.286. The minimum atomic E-state index is -0.286. The van der Waals surface area contributed by atoms with Crippen molar-refractivity contribution in [2.75, 3.05) is 6.61 Å². The number of nitrogens with one attached hydrogen (secondary N) is 1. The molecule has 0 bridgehead atoms. The number of hydrogen-bond donors (Lipinski definition) is 2. The predicted octanol–water partition coefficient (Wildman–Crippen LogP) is 2.88. The van der Waals surface area contributed by atoms with Crippen molar-refractivity contribution in [1.29, 1.82) is 0 Å². The molecule has 0 aliphatic rings. The zero-order valence-electron chi connectivity index (χ0n) is 9.54. The van der Waals surface area contributed by atoms with Gasteiger partial charge in [0, 0.05) is 12.6 Å². The molecule has 3 nitrogen and oxygen atoms in total. The van der Waals surface area contributed by atoms with Gasteiger partial charge in [-0.15, -0.1) is 0 Å². The lowest BCUT2D eigenvalue weighted by Gasteiger charge is -2.14. The number of benzene rings is 1. The molecule has 0 fully saturated rings. The summed E-state index contributed by atoms with van der Waals surface area (Å²) >= 11 is 11.9. The third-order valence-electron chi connectivity index (χ3n) is 2.36. The molecule has 0 radical (unpaired) electrons. The maximum absolute atomic E-state index is 11.9. The molecule has 0 heterocycles. The Morgan fingerprint density at radius 1 is 1.41 bits per heavy atom. The van der Waals surface area contributed by atoms with Crippen molar-refractivity contribution in [3.8, 4) is 0 Å². The normalized spacial score (nSPS) is 12.2. The van der Waals surface area contributed by atoms with Gasteiger partial charge in [0.1, 0.15) is 0 Å². The second-order valence-electron chi connectivity index (χ2n) is 3.84. The van der Waals surface area contributed by atoms with E-state index in [1.807, 2.05) is 6.92 Å². The number of carbonyl (C=O) groups excluding carboxylic acids is 1. The summed E-state index contributed by atoms with van der Waals surface area (Å²) in [4.78, 5) is 11.9. The van der Waals surface area contributed by atoms with Crippen molar-refractivity contribution in [1.82, 2.24) is 5.32 Å². The van der Waals surface area contributed by atoms with Gasteiger partial charge in [-0.3, -0.25) is 4.79 Å². The van der Waals surface area contributed by atoms with Crippen molar-refractivity contribution in [2.24, 2.45) is 0 Å². The maximum atomic E-state index is 11.9. The second-order valence-corrected chi connectivity index (χ2v) is 4.65. The number of hydrogen-bond acceptors (Lipinski definition) is 2. The quantitative estimate of drug-likeness (QED) is 0.868. The topological polar surface area (TPSA) is 49.3 Å². The lowest BCUT2D eigenvalue weighted by Crippen LogP contribution is -2.33. The van der Waals surface area contributed by atoms with E-state index in [1.54, 1.807) is 18.2 Å². The SMILES string of the molecule is CC(CCCO)NC(=O)c1c(Cl)cccc1Cl. The van der Waals surface area contributed by atoms with E-state index >= 15 is 0 Å². The number of halogens is 2. The Morgan fingerprint density at radius 2 is 2.00 bits per heavy atom. The Hall–Kier alpha value is -0.770. The summed E-state index contributed by atoms with van der Waals surface area (Å²) in [6, 6.07) is 4.92. The van der Waals surface area contributed by atoms with E-state index in [9.17, 15) is 4.79 Å². The van der Waals surface area contributed by atoms with Gasteiger partial charge >= 0.3 is 0 Å². The molecule has 2 N–H and O–H groups in total. The monoisotopic (exact) mass is 275 g/mol. The van der Waals surface area contributed by atoms with E-state index in [0.29, 0.717) is 28.5 Å². The fourth-order valence-corrected chi connectivity index (χ4v) is 2.05. The van der Waals surface area contributed by atoms with Crippen molar-refractivity contribution < 1.29 is 9.90 Å². The fourth-order valence-electron chi connectivity index (χ4n) is 1.48. The number of aliphatic hydroxyl groups excluding tert-OH is 1. The van der Waals surface area contributed by atoms with Crippen molar-refractivity contribution in [3.05, 3.63) is 33.8 Å². The Morgan fingerprint density at radius 3 is 2.53 bits per heavy atom. The molecule has 0 aromatic heterocycles. The number of amides is 1.